The maximum absolute atomic E-state index is 15.9. The summed E-state index contributed by atoms with van der Waals surface area (Å²) in [4.78, 5) is 31.2. The number of quaternary nitrogens is 1. The van der Waals surface area contributed by atoms with Crippen molar-refractivity contribution in [2.75, 3.05) is 78.6 Å². The van der Waals surface area contributed by atoms with Gasteiger partial charge in [0.1, 0.15) is 29.0 Å². The van der Waals surface area contributed by atoms with Gasteiger partial charge in [-0.25, -0.2) is 8.42 Å². The fourth-order valence-corrected chi connectivity index (χ4v) is 10.1. The molecule has 4 atom stereocenters. The summed E-state index contributed by atoms with van der Waals surface area (Å²) in [6.45, 7) is 5.86. The van der Waals surface area contributed by atoms with Gasteiger partial charge in [-0.15, -0.1) is 13.2 Å². The number of aryl methyl sites for hydroxylation is 1. The van der Waals surface area contributed by atoms with E-state index in [0.29, 0.717) is 36.1 Å². The molecule has 2 unspecified atom stereocenters. The van der Waals surface area contributed by atoms with Gasteiger partial charge >= 0.3 is 12.3 Å². The molecule has 6 rings (SSSR count). The van der Waals surface area contributed by atoms with Crippen molar-refractivity contribution in [3.8, 4) is 17.2 Å². The van der Waals surface area contributed by atoms with Crippen LogP contribution in [0.2, 0.25) is 5.02 Å². The maximum atomic E-state index is 15.9. The first-order chi connectivity index (χ1) is 26.5. The second-order valence-corrected chi connectivity index (χ2v) is 16.3. The van der Waals surface area contributed by atoms with Crippen molar-refractivity contribution in [1.29, 1.82) is 0 Å². The van der Waals surface area contributed by atoms with Crippen LogP contribution < -0.4 is 23.8 Å². The summed E-state index contributed by atoms with van der Waals surface area (Å²) in [7, 11) is 0.510. The number of nitrogens with zero attached hydrogens (tertiary/aromatic N) is 3. The van der Waals surface area contributed by atoms with Crippen LogP contribution in [0.15, 0.2) is 59.5 Å². The molecule has 2 saturated heterocycles. The van der Waals surface area contributed by atoms with E-state index in [2.05, 4.69) is 15.0 Å². The quantitative estimate of drug-likeness (QED) is 0.193. The highest BCUT2D eigenvalue weighted by Crippen LogP contribution is 2.58. The largest absolute Gasteiger partial charge is 0.573 e. The Bertz CT molecular complexity index is 2090. The molecule has 0 saturated carbocycles. The van der Waals surface area contributed by atoms with Crippen LogP contribution in [-0.2, 0) is 34.6 Å². The number of fused-ring (bicyclic) bond motifs is 1. The van der Waals surface area contributed by atoms with Gasteiger partial charge in [0.2, 0.25) is 5.54 Å². The summed E-state index contributed by atoms with van der Waals surface area (Å²) in [6, 6.07) is 11.0. The lowest BCUT2D eigenvalue weighted by atomic mass is 9.78. The lowest BCUT2D eigenvalue weighted by Gasteiger charge is -2.48. The van der Waals surface area contributed by atoms with Crippen molar-refractivity contribution in [3.63, 3.8) is 0 Å². The van der Waals surface area contributed by atoms with E-state index in [-0.39, 0.29) is 46.3 Å². The average Bonchev–Trinajstić information content (AvgIpc) is 3.64. The molecule has 1 N–H and O–H groups in total. The van der Waals surface area contributed by atoms with Gasteiger partial charge in [-0.2, -0.15) is 4.31 Å². The lowest BCUT2D eigenvalue weighted by molar-refractivity contribution is -0.953. The third kappa shape index (κ3) is 7.40. The molecular formula is C38H45ClF3N4O9S+. The first-order valence-corrected chi connectivity index (χ1v) is 19.8. The van der Waals surface area contributed by atoms with Crippen LogP contribution in [-0.4, -0.2) is 122 Å². The Morgan fingerprint density at radius 3 is 2.43 bits per heavy atom. The monoisotopic (exact) mass is 825 g/mol. The first kappa shape index (κ1) is 41.5. The number of rotatable bonds is 13. The number of likely N-dealkylation sites (tertiary alicyclic amines) is 1. The van der Waals surface area contributed by atoms with Gasteiger partial charge in [-0.3, -0.25) is 19.0 Å². The van der Waals surface area contributed by atoms with Crippen molar-refractivity contribution >= 4 is 39.1 Å². The van der Waals surface area contributed by atoms with Crippen LogP contribution in [0.5, 0.6) is 17.2 Å². The van der Waals surface area contributed by atoms with Crippen molar-refractivity contribution < 1.29 is 59.3 Å². The third-order valence-electron chi connectivity index (χ3n) is 10.8. The molecular weight excluding hydrogens is 781 g/mol. The molecule has 304 valence electrons. The standard InChI is InChI=1S/C38H44ClF3N4O9S/c1-24-7-11-32(52-5)29(19-24)37(46(3)23-27(21-31(46)35(47)43-2)54-16-6-13-44-14-17-53-18-15-44)28-20-25(39)8-10-30(28)45(36(37)48)56(49,50)34-12-9-26(51-4)22-33(34)55-38(40,41)42/h7-12,19-20,22,27,31H,6,13-18,21,23H2,1-5H3/p+1/t27-,31+,37?,46?/m1/s1. The number of anilines is 1. The third-order valence-corrected chi connectivity index (χ3v) is 12.8. The molecule has 0 radical (unpaired) electrons. The molecule has 3 aromatic rings. The van der Waals surface area contributed by atoms with Gasteiger partial charge in [0.05, 0.1) is 51.3 Å². The Morgan fingerprint density at radius 2 is 1.77 bits per heavy atom. The number of sulfonamides is 1. The Kier molecular flexibility index (Phi) is 11.9. The van der Waals surface area contributed by atoms with Crippen molar-refractivity contribution in [3.05, 3.63) is 76.3 Å². The number of carbonyl (C=O) groups is 2. The molecule has 3 heterocycles. The van der Waals surface area contributed by atoms with Gasteiger partial charge in [0, 0.05) is 50.8 Å². The second-order valence-electron chi connectivity index (χ2n) is 14.1. The zero-order chi connectivity index (χ0) is 40.6. The molecule has 13 nitrogen and oxygen atoms in total. The summed E-state index contributed by atoms with van der Waals surface area (Å²) < 4.78 is 98.2. The highest BCUT2D eigenvalue weighted by molar-refractivity contribution is 7.93. The summed E-state index contributed by atoms with van der Waals surface area (Å²) in [6.07, 6.45) is -5.03. The number of halogens is 4. The van der Waals surface area contributed by atoms with E-state index in [1.54, 1.807) is 32.2 Å². The fourth-order valence-electron chi connectivity index (χ4n) is 8.34. The van der Waals surface area contributed by atoms with E-state index in [4.69, 9.17) is 30.5 Å². The molecule has 56 heavy (non-hydrogen) atoms. The molecule has 0 spiro atoms. The van der Waals surface area contributed by atoms with Crippen molar-refractivity contribution in [2.24, 2.45) is 0 Å². The van der Waals surface area contributed by atoms with Gasteiger partial charge in [0.25, 0.3) is 15.9 Å². The van der Waals surface area contributed by atoms with Gasteiger partial charge in [-0.05, 0) is 55.8 Å². The fraction of sp³-hybridized carbons (Fsp3) is 0.474. The Labute approximate surface area is 328 Å². The molecule has 3 aromatic carbocycles. The highest BCUT2D eigenvalue weighted by Gasteiger charge is 2.72. The number of hydrogen-bond acceptors (Lipinski definition) is 10. The molecule has 0 bridgehead atoms. The molecule has 3 aliphatic heterocycles. The summed E-state index contributed by atoms with van der Waals surface area (Å²) in [5.41, 5.74) is -1.28. The van der Waals surface area contributed by atoms with Crippen LogP contribution in [0.25, 0.3) is 0 Å². The number of morpholine rings is 1. The predicted octanol–water partition coefficient (Wildman–Crippen LogP) is 4.62. The predicted molar refractivity (Wildman–Crippen MR) is 199 cm³/mol. The van der Waals surface area contributed by atoms with E-state index in [0.717, 1.165) is 37.8 Å². The first-order valence-electron chi connectivity index (χ1n) is 18.0. The zero-order valence-corrected chi connectivity index (χ0v) is 33.2. The molecule has 0 aromatic heterocycles. The van der Waals surface area contributed by atoms with Crippen molar-refractivity contribution in [1.82, 2.24) is 10.2 Å². The number of hydrogen-bond donors (Lipinski definition) is 1. The summed E-state index contributed by atoms with van der Waals surface area (Å²) in [5, 5.41) is 2.85. The number of carbonyl (C=O) groups excluding carboxylic acids is 2. The van der Waals surface area contributed by atoms with E-state index < -0.39 is 61.0 Å². The van der Waals surface area contributed by atoms with E-state index in [1.165, 1.54) is 39.5 Å². The van der Waals surface area contributed by atoms with Gasteiger partial charge < -0.3 is 29.0 Å². The summed E-state index contributed by atoms with van der Waals surface area (Å²) in [5.74, 6) is -2.55. The Morgan fingerprint density at radius 1 is 1.04 bits per heavy atom. The minimum Gasteiger partial charge on any atom is -0.497 e. The second kappa shape index (κ2) is 16.0. The van der Waals surface area contributed by atoms with E-state index in [9.17, 15) is 26.4 Å². The van der Waals surface area contributed by atoms with Crippen molar-refractivity contribution in [2.45, 2.75) is 48.7 Å². The molecule has 18 heteroatoms. The van der Waals surface area contributed by atoms with E-state index in [1.807, 2.05) is 0 Å². The van der Waals surface area contributed by atoms with Crippen LogP contribution >= 0.6 is 11.6 Å². The Balaban J connectivity index is 1.55. The number of methoxy groups -OCH3 is 2. The minimum atomic E-state index is -5.30. The Hall–Kier alpha value is -4.13. The number of ether oxygens (including phenoxy) is 5. The van der Waals surface area contributed by atoms with E-state index >= 15 is 4.79 Å². The normalized spacial score (nSPS) is 24.2. The molecule has 2 fully saturated rings. The van der Waals surface area contributed by atoms with Crippen LogP contribution in [0.3, 0.4) is 0 Å². The SMILES string of the molecule is CNC(=O)[C@@H]1C[C@@H](OCCCN2CCOCC2)C[N+]1(C)C1(c2cc(C)ccc2OC)C(=O)N(S(=O)(=O)c2ccc(OC)cc2OC(F)(F)F)c2ccc(Cl)cc21. The van der Waals surface area contributed by atoms with Crippen LogP contribution in [0.1, 0.15) is 29.5 Å². The zero-order valence-electron chi connectivity index (χ0n) is 31.7. The summed E-state index contributed by atoms with van der Waals surface area (Å²) >= 11 is 6.66. The van der Waals surface area contributed by atoms with Gasteiger partial charge in [0.15, 0.2) is 11.8 Å². The number of amides is 2. The van der Waals surface area contributed by atoms with Crippen LogP contribution in [0, 0.1) is 6.92 Å². The highest BCUT2D eigenvalue weighted by atomic mass is 35.5. The molecule has 2 amide bonds. The minimum absolute atomic E-state index is 0.0449. The smallest absolute Gasteiger partial charge is 0.497 e. The van der Waals surface area contributed by atoms with Crippen LogP contribution in [0.4, 0.5) is 18.9 Å². The lowest BCUT2D eigenvalue weighted by Crippen LogP contribution is -2.69. The van der Waals surface area contributed by atoms with Gasteiger partial charge in [-0.1, -0.05) is 23.2 Å². The molecule has 3 aliphatic rings. The number of benzene rings is 3. The average molecular weight is 826 g/mol. The number of nitrogens with one attached hydrogen (secondary N) is 1. The number of likely N-dealkylation sites (N-methyl/N-ethyl adjacent to an activating group) is 2. The molecule has 0 aliphatic carbocycles. The topological polar surface area (TPSA) is 133 Å². The maximum Gasteiger partial charge on any atom is 0.573 e. The number of alkyl halides is 3.